The summed E-state index contributed by atoms with van der Waals surface area (Å²) in [6.07, 6.45) is 0.703. The molecule has 0 spiro atoms. The fourth-order valence-corrected chi connectivity index (χ4v) is 2.44. The Morgan fingerprint density at radius 2 is 2.33 bits per heavy atom. The van der Waals surface area contributed by atoms with Gasteiger partial charge in [-0.2, -0.15) is 4.98 Å². The van der Waals surface area contributed by atoms with Gasteiger partial charge in [-0.25, -0.2) is 0 Å². The molecule has 21 heavy (non-hydrogen) atoms. The van der Waals surface area contributed by atoms with Crippen molar-refractivity contribution in [2.75, 3.05) is 33.0 Å². The van der Waals surface area contributed by atoms with Crippen molar-refractivity contribution in [3.05, 3.63) is 16.7 Å². The van der Waals surface area contributed by atoms with Crippen molar-refractivity contribution in [2.45, 2.75) is 18.6 Å². The molecule has 2 atom stereocenters. The Morgan fingerprint density at radius 3 is 3.00 bits per heavy atom. The standard InChI is InChI=1S/C13H19ClN4O3/c1-20-10-6-16-4-3-9(10)17-12(19)7-5-8(14)11(15)18-13(7)21-2/h5,9-10,16H,3-4,6H2,1-2H3,(H2,15,18)(H,17,19)/t9-,10+/m1/s1. The Labute approximate surface area is 128 Å². The number of nitrogens with two attached hydrogens (primary N) is 1. The predicted octanol–water partition coefficient (Wildman–Crippen LogP) is 0.432. The zero-order chi connectivity index (χ0) is 15.4. The first-order chi connectivity index (χ1) is 10.1. The van der Waals surface area contributed by atoms with Crippen LogP contribution in [0.4, 0.5) is 5.82 Å². The van der Waals surface area contributed by atoms with Gasteiger partial charge in [-0.3, -0.25) is 4.79 Å². The van der Waals surface area contributed by atoms with Crippen LogP contribution in [-0.4, -0.2) is 50.3 Å². The van der Waals surface area contributed by atoms with E-state index >= 15 is 0 Å². The van der Waals surface area contributed by atoms with Crippen LogP contribution in [0, 0.1) is 0 Å². The van der Waals surface area contributed by atoms with Gasteiger partial charge in [0.05, 0.1) is 24.3 Å². The van der Waals surface area contributed by atoms with E-state index in [2.05, 4.69) is 15.6 Å². The fraction of sp³-hybridized carbons (Fsp3) is 0.538. The molecular weight excluding hydrogens is 296 g/mol. The first-order valence-corrected chi connectivity index (χ1v) is 6.99. The zero-order valence-corrected chi connectivity index (χ0v) is 12.7. The molecule has 2 heterocycles. The maximum Gasteiger partial charge on any atom is 0.257 e. The molecule has 0 bridgehead atoms. The molecule has 4 N–H and O–H groups in total. The van der Waals surface area contributed by atoms with E-state index in [0.29, 0.717) is 6.54 Å². The number of aromatic nitrogens is 1. The second kappa shape index (κ2) is 6.93. The molecule has 1 aromatic heterocycles. The van der Waals surface area contributed by atoms with Crippen molar-refractivity contribution in [1.29, 1.82) is 0 Å². The van der Waals surface area contributed by atoms with Gasteiger partial charge in [0.15, 0.2) is 0 Å². The second-order valence-corrected chi connectivity index (χ2v) is 5.17. The summed E-state index contributed by atoms with van der Waals surface area (Å²) in [6.45, 7) is 1.52. The Balaban J connectivity index is 2.18. The van der Waals surface area contributed by atoms with Crippen molar-refractivity contribution >= 4 is 23.3 Å². The van der Waals surface area contributed by atoms with E-state index in [-0.39, 0.29) is 40.3 Å². The molecule has 2 rings (SSSR count). The highest BCUT2D eigenvalue weighted by atomic mass is 35.5. The van der Waals surface area contributed by atoms with Crippen molar-refractivity contribution in [1.82, 2.24) is 15.6 Å². The number of hydrogen-bond donors (Lipinski definition) is 3. The normalized spacial score (nSPS) is 21.9. The molecule has 0 aromatic carbocycles. The highest BCUT2D eigenvalue weighted by molar-refractivity contribution is 6.33. The summed E-state index contributed by atoms with van der Waals surface area (Å²) in [7, 11) is 3.05. The van der Waals surface area contributed by atoms with E-state index in [9.17, 15) is 4.79 Å². The Kier molecular flexibility index (Phi) is 5.22. The average molecular weight is 315 g/mol. The minimum Gasteiger partial charge on any atom is -0.480 e. The maximum atomic E-state index is 12.4. The molecule has 1 aliphatic rings. The van der Waals surface area contributed by atoms with E-state index < -0.39 is 0 Å². The highest BCUT2D eigenvalue weighted by Crippen LogP contribution is 2.25. The summed E-state index contributed by atoms with van der Waals surface area (Å²) >= 11 is 5.93. The van der Waals surface area contributed by atoms with E-state index in [0.717, 1.165) is 13.0 Å². The van der Waals surface area contributed by atoms with Crippen LogP contribution in [0.25, 0.3) is 0 Å². The van der Waals surface area contributed by atoms with Crippen molar-refractivity contribution in [3.63, 3.8) is 0 Å². The highest BCUT2D eigenvalue weighted by Gasteiger charge is 2.28. The molecule has 1 amide bonds. The lowest BCUT2D eigenvalue weighted by Gasteiger charge is -2.31. The Morgan fingerprint density at radius 1 is 1.57 bits per heavy atom. The molecule has 0 radical (unpaired) electrons. The third-order valence-electron chi connectivity index (χ3n) is 3.45. The van der Waals surface area contributed by atoms with Crippen LogP contribution in [0.3, 0.4) is 0 Å². The number of ether oxygens (including phenoxy) is 2. The third-order valence-corrected chi connectivity index (χ3v) is 3.75. The molecule has 1 fully saturated rings. The molecule has 0 unspecified atom stereocenters. The monoisotopic (exact) mass is 314 g/mol. The van der Waals surface area contributed by atoms with Gasteiger partial charge >= 0.3 is 0 Å². The topological polar surface area (TPSA) is 98.5 Å². The number of hydrogen-bond acceptors (Lipinski definition) is 6. The van der Waals surface area contributed by atoms with Crippen LogP contribution < -0.4 is 21.1 Å². The number of amides is 1. The van der Waals surface area contributed by atoms with Gasteiger partial charge in [0.25, 0.3) is 5.91 Å². The number of nitrogens with one attached hydrogen (secondary N) is 2. The SMILES string of the molecule is COc1nc(N)c(Cl)cc1C(=O)N[C@@H]1CCNC[C@@H]1OC. The van der Waals surface area contributed by atoms with Crippen LogP contribution in [0.15, 0.2) is 6.07 Å². The smallest absolute Gasteiger partial charge is 0.257 e. The van der Waals surface area contributed by atoms with Gasteiger partial charge in [-0.15, -0.1) is 0 Å². The molecule has 0 aliphatic carbocycles. The number of pyridine rings is 1. The van der Waals surface area contributed by atoms with E-state index in [4.69, 9.17) is 26.8 Å². The average Bonchev–Trinajstić information content (AvgIpc) is 2.50. The summed E-state index contributed by atoms with van der Waals surface area (Å²) in [4.78, 5) is 16.4. The predicted molar refractivity (Wildman–Crippen MR) is 79.7 cm³/mol. The summed E-state index contributed by atoms with van der Waals surface area (Å²) in [6, 6.07) is 1.38. The van der Waals surface area contributed by atoms with Crippen molar-refractivity contribution < 1.29 is 14.3 Å². The van der Waals surface area contributed by atoms with Gasteiger partial charge in [-0.05, 0) is 19.0 Å². The molecule has 8 heteroatoms. The lowest BCUT2D eigenvalue weighted by Crippen LogP contribution is -2.53. The quantitative estimate of drug-likeness (QED) is 0.745. The number of carbonyl (C=O) groups excluding carboxylic acids is 1. The van der Waals surface area contributed by atoms with Crippen LogP contribution in [-0.2, 0) is 4.74 Å². The second-order valence-electron chi connectivity index (χ2n) is 4.76. The lowest BCUT2D eigenvalue weighted by atomic mass is 10.0. The van der Waals surface area contributed by atoms with E-state index in [1.165, 1.54) is 13.2 Å². The largest absolute Gasteiger partial charge is 0.480 e. The van der Waals surface area contributed by atoms with Crippen molar-refractivity contribution in [3.8, 4) is 5.88 Å². The number of halogens is 1. The summed E-state index contributed by atoms with van der Waals surface area (Å²) < 4.78 is 10.5. The summed E-state index contributed by atoms with van der Waals surface area (Å²) in [5.41, 5.74) is 5.86. The lowest BCUT2D eigenvalue weighted by molar-refractivity contribution is 0.0475. The molecule has 116 valence electrons. The number of methoxy groups -OCH3 is 2. The van der Waals surface area contributed by atoms with Gasteiger partial charge in [0.1, 0.15) is 11.4 Å². The Bertz CT molecular complexity index is 526. The first kappa shape index (κ1) is 15.8. The van der Waals surface area contributed by atoms with Crippen LogP contribution in [0.2, 0.25) is 5.02 Å². The van der Waals surface area contributed by atoms with E-state index in [1.807, 2.05) is 0 Å². The first-order valence-electron chi connectivity index (χ1n) is 6.61. The molecule has 1 aliphatic heterocycles. The summed E-state index contributed by atoms with van der Waals surface area (Å²) in [5.74, 6) is -0.0331. The van der Waals surface area contributed by atoms with Gasteiger partial charge in [0.2, 0.25) is 5.88 Å². The van der Waals surface area contributed by atoms with Crippen molar-refractivity contribution in [2.24, 2.45) is 0 Å². The maximum absolute atomic E-state index is 12.4. The Hall–Kier alpha value is -1.57. The van der Waals surface area contributed by atoms with Gasteiger partial charge < -0.3 is 25.8 Å². The minimum absolute atomic E-state index is 0.0779. The third kappa shape index (κ3) is 3.55. The number of carbonyl (C=O) groups is 1. The summed E-state index contributed by atoms with van der Waals surface area (Å²) in [5, 5.41) is 6.37. The molecule has 7 nitrogen and oxygen atoms in total. The van der Waals surface area contributed by atoms with Gasteiger partial charge in [-0.1, -0.05) is 11.6 Å². The van der Waals surface area contributed by atoms with Crippen LogP contribution >= 0.6 is 11.6 Å². The fourth-order valence-electron chi connectivity index (χ4n) is 2.29. The van der Waals surface area contributed by atoms with Crippen LogP contribution in [0.5, 0.6) is 5.88 Å². The number of anilines is 1. The van der Waals surface area contributed by atoms with E-state index in [1.54, 1.807) is 7.11 Å². The molecule has 1 aromatic rings. The minimum atomic E-state index is -0.310. The molecule has 0 saturated carbocycles. The number of rotatable bonds is 4. The van der Waals surface area contributed by atoms with Crippen LogP contribution in [0.1, 0.15) is 16.8 Å². The number of piperidine rings is 1. The number of nitrogens with zero attached hydrogens (tertiary/aromatic N) is 1. The molecular formula is C13H19ClN4O3. The van der Waals surface area contributed by atoms with Gasteiger partial charge in [0, 0.05) is 13.7 Å². The molecule has 1 saturated heterocycles. The number of nitrogen functional groups attached to an aromatic ring is 1. The zero-order valence-electron chi connectivity index (χ0n) is 12.0.